The van der Waals surface area contributed by atoms with Gasteiger partial charge < -0.3 is 5.32 Å². The fourth-order valence-corrected chi connectivity index (χ4v) is 8.36. The van der Waals surface area contributed by atoms with Crippen molar-refractivity contribution >= 4 is 79.7 Å². The SMILES string of the molecule is Cc1cccc(NC(=O)Cn2c3c(sc2=O)[C@H](c2ccc(Br)cc2)C2C(=O)N(c4ccc(Cl)cc4)C(=O)C2S3)c1. The van der Waals surface area contributed by atoms with Crippen LogP contribution in [0.4, 0.5) is 11.4 Å². The molecule has 3 amide bonds. The highest BCUT2D eigenvalue weighted by molar-refractivity contribution is 9.10. The van der Waals surface area contributed by atoms with Gasteiger partial charge in [0.15, 0.2) is 0 Å². The molecule has 0 spiro atoms. The van der Waals surface area contributed by atoms with Crippen LogP contribution in [0.25, 0.3) is 0 Å². The van der Waals surface area contributed by atoms with Crippen molar-refractivity contribution in [3.63, 3.8) is 0 Å². The van der Waals surface area contributed by atoms with Crippen LogP contribution < -0.4 is 15.1 Å². The van der Waals surface area contributed by atoms with Gasteiger partial charge in [-0.3, -0.25) is 23.7 Å². The molecule has 40 heavy (non-hydrogen) atoms. The first kappa shape index (κ1) is 27.0. The molecule has 3 aromatic carbocycles. The van der Waals surface area contributed by atoms with Gasteiger partial charge in [-0.1, -0.05) is 74.9 Å². The number of aryl methyl sites for hydroxylation is 1. The fraction of sp³-hybridized carbons (Fsp3) is 0.172. The van der Waals surface area contributed by atoms with Crippen LogP contribution >= 0.6 is 50.6 Å². The summed E-state index contributed by atoms with van der Waals surface area (Å²) in [6.45, 7) is 1.72. The molecular weight excluding hydrogens is 634 g/mol. The summed E-state index contributed by atoms with van der Waals surface area (Å²) in [6.07, 6.45) is 0. The molecule has 6 rings (SSSR count). The Bertz CT molecular complexity index is 1720. The normalized spacial score (nSPS) is 19.9. The van der Waals surface area contributed by atoms with Crippen molar-refractivity contribution in [1.82, 2.24) is 4.57 Å². The van der Waals surface area contributed by atoms with Crippen LogP contribution in [0.3, 0.4) is 0 Å². The highest BCUT2D eigenvalue weighted by atomic mass is 79.9. The molecule has 3 atom stereocenters. The Hall–Kier alpha value is -3.18. The minimum Gasteiger partial charge on any atom is -0.325 e. The lowest BCUT2D eigenvalue weighted by molar-refractivity contribution is -0.122. The van der Waals surface area contributed by atoms with E-state index >= 15 is 0 Å². The Morgan fingerprint density at radius 2 is 1.73 bits per heavy atom. The van der Waals surface area contributed by atoms with E-state index in [1.807, 2.05) is 49.4 Å². The Labute approximate surface area is 251 Å². The van der Waals surface area contributed by atoms with E-state index < -0.39 is 17.1 Å². The predicted octanol–water partition coefficient (Wildman–Crippen LogP) is 6.07. The minimum absolute atomic E-state index is 0.209. The van der Waals surface area contributed by atoms with Crippen molar-refractivity contribution in [1.29, 1.82) is 0 Å². The minimum atomic E-state index is -0.760. The number of anilines is 2. The van der Waals surface area contributed by atoms with E-state index in [2.05, 4.69) is 21.2 Å². The smallest absolute Gasteiger partial charge is 0.308 e. The third kappa shape index (κ3) is 4.83. The van der Waals surface area contributed by atoms with Crippen LogP contribution in [0.2, 0.25) is 5.02 Å². The Balaban J connectivity index is 1.41. The Morgan fingerprint density at radius 3 is 2.42 bits per heavy atom. The molecule has 2 unspecified atom stereocenters. The summed E-state index contributed by atoms with van der Waals surface area (Å²) in [5.41, 5.74) is 2.90. The number of thioether (sulfide) groups is 1. The van der Waals surface area contributed by atoms with E-state index in [0.717, 1.165) is 26.9 Å². The monoisotopic (exact) mass is 653 g/mol. The second-order valence-electron chi connectivity index (χ2n) is 9.62. The topological polar surface area (TPSA) is 88.5 Å². The molecule has 3 heterocycles. The number of carbonyl (C=O) groups excluding carboxylic acids is 3. The Kier molecular flexibility index (Phi) is 7.20. The summed E-state index contributed by atoms with van der Waals surface area (Å²) in [4.78, 5) is 55.5. The highest BCUT2D eigenvalue weighted by Gasteiger charge is 2.56. The molecule has 1 aromatic heterocycles. The number of rotatable bonds is 5. The summed E-state index contributed by atoms with van der Waals surface area (Å²) >= 11 is 11.7. The molecule has 7 nitrogen and oxygen atoms in total. The molecule has 4 aromatic rings. The van der Waals surface area contributed by atoms with Crippen LogP contribution in [0.15, 0.2) is 87.1 Å². The van der Waals surface area contributed by atoms with Crippen LogP contribution in [-0.4, -0.2) is 27.5 Å². The van der Waals surface area contributed by atoms with Crippen LogP contribution in [0, 0.1) is 12.8 Å². The molecule has 2 aliphatic rings. The molecule has 1 N–H and O–H groups in total. The maximum Gasteiger partial charge on any atom is 0.308 e. The molecule has 0 aliphatic carbocycles. The number of imide groups is 1. The number of benzene rings is 3. The van der Waals surface area contributed by atoms with Crippen LogP contribution in [-0.2, 0) is 20.9 Å². The maximum absolute atomic E-state index is 13.9. The summed E-state index contributed by atoms with van der Waals surface area (Å²) in [6, 6.07) is 21.5. The van der Waals surface area contributed by atoms with E-state index in [1.165, 1.54) is 21.2 Å². The maximum atomic E-state index is 13.9. The van der Waals surface area contributed by atoms with Gasteiger partial charge in [0.25, 0.3) is 0 Å². The second kappa shape index (κ2) is 10.7. The Morgan fingerprint density at radius 1 is 1.00 bits per heavy atom. The zero-order valence-corrected chi connectivity index (χ0v) is 24.9. The average Bonchev–Trinajstić information content (AvgIpc) is 3.36. The van der Waals surface area contributed by atoms with Crippen LogP contribution in [0.1, 0.15) is 21.9 Å². The molecule has 0 saturated carbocycles. The number of hydrogen-bond donors (Lipinski definition) is 1. The number of hydrogen-bond acceptors (Lipinski definition) is 6. The standard InChI is InChI=1S/C29H21BrClN3O4S2/c1-15-3-2-4-19(13-15)32-21(35)14-33-28-25(40-29(33)38)22(16-5-7-17(30)8-6-16)23-24(39-28)27(37)34(26(23)36)20-11-9-18(31)10-12-20/h2-13,22-24H,14H2,1H3,(H,32,35)/t22-,23?,24?/m1/s1. The van der Waals surface area contributed by atoms with Gasteiger partial charge in [0.1, 0.15) is 11.8 Å². The number of fused-ring (bicyclic) bond motifs is 2. The molecular formula is C29H21BrClN3O4S2. The van der Waals surface area contributed by atoms with Crippen molar-refractivity contribution in [3.8, 4) is 0 Å². The number of aromatic nitrogens is 1. The van der Waals surface area contributed by atoms with E-state index in [1.54, 1.807) is 30.3 Å². The highest BCUT2D eigenvalue weighted by Crippen LogP contribution is 2.54. The number of amides is 3. The molecule has 2 aliphatic heterocycles. The van der Waals surface area contributed by atoms with Gasteiger partial charge in [-0.2, -0.15) is 0 Å². The third-order valence-corrected chi connectivity index (χ3v) is 10.4. The van der Waals surface area contributed by atoms with Crippen molar-refractivity contribution in [2.45, 2.75) is 29.7 Å². The first-order valence-electron chi connectivity index (χ1n) is 12.4. The first-order valence-corrected chi connectivity index (χ1v) is 15.2. The van der Waals surface area contributed by atoms with E-state index in [0.29, 0.717) is 26.3 Å². The summed E-state index contributed by atoms with van der Waals surface area (Å²) < 4.78 is 2.29. The zero-order valence-electron chi connectivity index (χ0n) is 21.0. The summed E-state index contributed by atoms with van der Waals surface area (Å²) in [7, 11) is 0. The largest absolute Gasteiger partial charge is 0.325 e. The molecule has 0 bridgehead atoms. The van der Waals surface area contributed by atoms with Gasteiger partial charge in [0.2, 0.25) is 17.7 Å². The van der Waals surface area contributed by atoms with Crippen molar-refractivity contribution in [2.75, 3.05) is 10.2 Å². The summed E-state index contributed by atoms with van der Waals surface area (Å²) in [5.74, 6) is -2.28. The summed E-state index contributed by atoms with van der Waals surface area (Å²) in [5, 5.41) is 3.13. The lowest BCUT2D eigenvalue weighted by Gasteiger charge is -2.30. The van der Waals surface area contributed by atoms with Crippen LogP contribution in [0.5, 0.6) is 0 Å². The van der Waals surface area contributed by atoms with Crippen molar-refractivity contribution in [3.05, 3.63) is 108 Å². The number of thiazole rings is 1. The van der Waals surface area contributed by atoms with Gasteiger partial charge in [-0.25, -0.2) is 4.90 Å². The molecule has 202 valence electrons. The molecule has 1 saturated heterocycles. The lowest BCUT2D eigenvalue weighted by Crippen LogP contribution is -2.33. The first-order chi connectivity index (χ1) is 19.2. The predicted molar refractivity (Wildman–Crippen MR) is 161 cm³/mol. The number of carbonyl (C=O) groups is 3. The van der Waals surface area contributed by atoms with Gasteiger partial charge in [-0.05, 0) is 66.6 Å². The van der Waals surface area contributed by atoms with Crippen molar-refractivity contribution in [2.24, 2.45) is 5.92 Å². The fourth-order valence-electron chi connectivity index (χ4n) is 5.20. The quantitative estimate of drug-likeness (QED) is 0.264. The second-order valence-corrected chi connectivity index (χ2v) is 13.1. The van der Waals surface area contributed by atoms with Gasteiger partial charge in [0, 0.05) is 26.0 Å². The van der Waals surface area contributed by atoms with Crippen molar-refractivity contribution < 1.29 is 14.4 Å². The third-order valence-electron chi connectivity index (χ3n) is 6.97. The van der Waals surface area contributed by atoms with E-state index in [9.17, 15) is 19.2 Å². The van der Waals surface area contributed by atoms with Gasteiger partial charge >= 0.3 is 4.87 Å². The zero-order chi connectivity index (χ0) is 28.1. The number of nitrogens with zero attached hydrogens (tertiary/aromatic N) is 2. The average molecular weight is 655 g/mol. The lowest BCUT2D eigenvalue weighted by atomic mass is 9.83. The van der Waals surface area contributed by atoms with Gasteiger partial charge in [-0.15, -0.1) is 0 Å². The van der Waals surface area contributed by atoms with E-state index in [-0.39, 0.29) is 29.1 Å². The number of halogens is 2. The number of nitrogens with one attached hydrogen (secondary N) is 1. The molecule has 1 fully saturated rings. The van der Waals surface area contributed by atoms with Gasteiger partial charge in [0.05, 0.1) is 16.6 Å². The molecule has 11 heteroatoms. The van der Waals surface area contributed by atoms with E-state index in [4.69, 9.17) is 11.6 Å². The molecule has 0 radical (unpaired) electrons.